The van der Waals surface area contributed by atoms with Gasteiger partial charge in [0.15, 0.2) is 0 Å². The number of esters is 2. The lowest BCUT2D eigenvalue weighted by Crippen LogP contribution is -2.16. The van der Waals surface area contributed by atoms with E-state index in [1.807, 2.05) is 27.7 Å². The highest BCUT2D eigenvalue weighted by atomic mass is 35.5. The Morgan fingerprint density at radius 3 is 1.65 bits per heavy atom. The number of hydrogen-bond acceptors (Lipinski definition) is 5. The highest BCUT2D eigenvalue weighted by Crippen LogP contribution is 2.27. The van der Waals surface area contributed by atoms with Gasteiger partial charge in [0.25, 0.3) is 0 Å². The molecular weight excluding hydrogens is 439 g/mol. The molecule has 0 aliphatic heterocycles. The Kier molecular flexibility index (Phi) is 9.82. The number of rotatable bonds is 10. The number of hydrogen-bond donors (Lipinski definition) is 0. The average Bonchev–Trinajstić information content (AvgIpc) is 2.69. The van der Waals surface area contributed by atoms with E-state index in [2.05, 4.69) is 0 Å². The third-order valence-electron chi connectivity index (χ3n) is 4.67. The SMILES string of the molecule is Cc1cc(OC(=O)CCCCCOCC(=O)Oc2cc(C)c(Cl)c(C)c2)cc(C)c1Cl. The molecule has 0 fully saturated rings. The zero-order valence-electron chi connectivity index (χ0n) is 18.3. The monoisotopic (exact) mass is 466 g/mol. The van der Waals surface area contributed by atoms with Crippen molar-refractivity contribution in [3.63, 3.8) is 0 Å². The fourth-order valence-corrected chi connectivity index (χ4v) is 3.30. The van der Waals surface area contributed by atoms with Crippen molar-refractivity contribution < 1.29 is 23.8 Å². The van der Waals surface area contributed by atoms with Crippen molar-refractivity contribution in [1.29, 1.82) is 0 Å². The van der Waals surface area contributed by atoms with Gasteiger partial charge in [0.1, 0.15) is 18.1 Å². The first kappa shape index (κ1) is 25.2. The highest BCUT2D eigenvalue weighted by molar-refractivity contribution is 6.32. The zero-order valence-corrected chi connectivity index (χ0v) is 19.9. The molecule has 7 heteroatoms. The summed E-state index contributed by atoms with van der Waals surface area (Å²) >= 11 is 12.2. The number of unbranched alkanes of at least 4 members (excludes halogenated alkanes) is 2. The summed E-state index contributed by atoms with van der Waals surface area (Å²) in [5, 5.41) is 1.35. The Labute approximate surface area is 193 Å². The van der Waals surface area contributed by atoms with Crippen LogP contribution in [0, 0.1) is 27.7 Å². The molecule has 0 aromatic heterocycles. The van der Waals surface area contributed by atoms with Crippen LogP contribution in [0.5, 0.6) is 11.5 Å². The van der Waals surface area contributed by atoms with Crippen LogP contribution in [-0.4, -0.2) is 25.2 Å². The molecule has 0 atom stereocenters. The van der Waals surface area contributed by atoms with Crippen LogP contribution in [0.2, 0.25) is 10.0 Å². The number of benzene rings is 2. The first-order valence-corrected chi connectivity index (χ1v) is 11.0. The smallest absolute Gasteiger partial charge is 0.337 e. The van der Waals surface area contributed by atoms with Crippen molar-refractivity contribution in [3.05, 3.63) is 56.6 Å². The quantitative estimate of drug-likeness (QED) is 0.233. The summed E-state index contributed by atoms with van der Waals surface area (Å²) in [5.41, 5.74) is 3.46. The van der Waals surface area contributed by atoms with Crippen molar-refractivity contribution in [2.45, 2.75) is 53.4 Å². The van der Waals surface area contributed by atoms with E-state index >= 15 is 0 Å². The summed E-state index contributed by atoms with van der Waals surface area (Å²) in [4.78, 5) is 23.9. The minimum atomic E-state index is -0.460. The Balaban J connectivity index is 1.59. The van der Waals surface area contributed by atoms with Crippen molar-refractivity contribution in [1.82, 2.24) is 0 Å². The maximum absolute atomic E-state index is 12.0. The Hall–Kier alpha value is -2.08. The molecule has 0 spiro atoms. The summed E-state index contributed by atoms with van der Waals surface area (Å²) < 4.78 is 16.0. The normalized spacial score (nSPS) is 10.8. The zero-order chi connectivity index (χ0) is 23.0. The summed E-state index contributed by atoms with van der Waals surface area (Å²) in [5.74, 6) is 0.229. The lowest BCUT2D eigenvalue weighted by molar-refractivity contribution is -0.139. The van der Waals surface area contributed by atoms with Crippen molar-refractivity contribution in [2.75, 3.05) is 13.2 Å². The van der Waals surface area contributed by atoms with E-state index in [1.54, 1.807) is 24.3 Å². The fourth-order valence-electron chi connectivity index (χ4n) is 3.08. The van der Waals surface area contributed by atoms with E-state index in [4.69, 9.17) is 37.4 Å². The predicted molar refractivity (Wildman–Crippen MR) is 122 cm³/mol. The van der Waals surface area contributed by atoms with Gasteiger partial charge in [0.05, 0.1) is 0 Å². The number of carbonyl (C=O) groups excluding carboxylic acids is 2. The average molecular weight is 467 g/mol. The van der Waals surface area contributed by atoms with Crippen molar-refractivity contribution in [3.8, 4) is 11.5 Å². The van der Waals surface area contributed by atoms with Crippen LogP contribution in [0.25, 0.3) is 0 Å². The molecule has 0 saturated heterocycles. The molecule has 0 N–H and O–H groups in total. The molecule has 0 radical (unpaired) electrons. The highest BCUT2D eigenvalue weighted by Gasteiger charge is 2.10. The molecule has 5 nitrogen and oxygen atoms in total. The van der Waals surface area contributed by atoms with Gasteiger partial charge in [0, 0.05) is 23.1 Å². The second kappa shape index (κ2) is 12.1. The fraction of sp³-hybridized carbons (Fsp3) is 0.417. The van der Waals surface area contributed by atoms with Gasteiger partial charge in [-0.25, -0.2) is 4.79 Å². The van der Waals surface area contributed by atoms with Gasteiger partial charge in [-0.1, -0.05) is 29.6 Å². The number of aryl methyl sites for hydroxylation is 4. The summed E-state index contributed by atoms with van der Waals surface area (Å²) in [7, 11) is 0. The molecule has 0 saturated carbocycles. The van der Waals surface area contributed by atoms with E-state index in [9.17, 15) is 9.59 Å². The van der Waals surface area contributed by atoms with Crippen molar-refractivity contribution in [2.24, 2.45) is 0 Å². The summed E-state index contributed by atoms with van der Waals surface area (Å²) in [6, 6.07) is 6.96. The van der Waals surface area contributed by atoms with Gasteiger partial charge in [0.2, 0.25) is 0 Å². The van der Waals surface area contributed by atoms with Crippen molar-refractivity contribution >= 4 is 35.1 Å². The standard InChI is InChI=1S/C24H28Cl2O5/c1-15-10-19(11-16(2)23(15)25)30-21(27)8-6-5-7-9-29-14-22(28)31-20-12-17(3)24(26)18(4)13-20/h10-13H,5-9,14H2,1-4H3. The van der Waals surface area contributed by atoms with Gasteiger partial charge in [-0.3, -0.25) is 4.79 Å². The molecule has 31 heavy (non-hydrogen) atoms. The largest absolute Gasteiger partial charge is 0.427 e. The molecule has 0 unspecified atom stereocenters. The summed E-state index contributed by atoms with van der Waals surface area (Å²) in [6.45, 7) is 7.75. The molecule has 168 valence electrons. The predicted octanol–water partition coefficient (Wildman–Crippen LogP) is 6.32. The Morgan fingerprint density at radius 2 is 1.16 bits per heavy atom. The van der Waals surface area contributed by atoms with E-state index in [0.29, 0.717) is 41.0 Å². The van der Waals surface area contributed by atoms with E-state index < -0.39 is 5.97 Å². The van der Waals surface area contributed by atoms with E-state index in [0.717, 1.165) is 35.1 Å². The molecule has 0 bridgehead atoms. The van der Waals surface area contributed by atoms with Gasteiger partial charge >= 0.3 is 11.9 Å². The summed E-state index contributed by atoms with van der Waals surface area (Å²) in [6.07, 6.45) is 2.52. The number of halogens is 2. The third-order valence-corrected chi connectivity index (χ3v) is 5.87. The lowest BCUT2D eigenvalue weighted by atomic mass is 10.1. The van der Waals surface area contributed by atoms with E-state index in [-0.39, 0.29) is 12.6 Å². The second-order valence-electron chi connectivity index (χ2n) is 7.55. The van der Waals surface area contributed by atoms with Crippen LogP contribution in [-0.2, 0) is 14.3 Å². The van der Waals surface area contributed by atoms with Gasteiger partial charge < -0.3 is 14.2 Å². The van der Waals surface area contributed by atoms with Crippen LogP contribution in [0.4, 0.5) is 0 Å². The molecule has 0 aliphatic carbocycles. The maximum Gasteiger partial charge on any atom is 0.337 e. The number of ether oxygens (including phenoxy) is 3. The van der Waals surface area contributed by atoms with Gasteiger partial charge in [-0.05, 0) is 87.1 Å². The first-order chi connectivity index (χ1) is 14.7. The second-order valence-corrected chi connectivity index (χ2v) is 8.31. The molecule has 0 aliphatic rings. The molecular formula is C24H28Cl2O5. The topological polar surface area (TPSA) is 61.8 Å². The minimum absolute atomic E-state index is 0.127. The molecule has 0 amide bonds. The number of carbonyl (C=O) groups is 2. The minimum Gasteiger partial charge on any atom is -0.427 e. The molecule has 0 heterocycles. The molecule has 2 aromatic carbocycles. The van der Waals surface area contributed by atoms with Crippen LogP contribution in [0.15, 0.2) is 24.3 Å². The van der Waals surface area contributed by atoms with Crippen LogP contribution in [0.3, 0.4) is 0 Å². The third kappa shape index (κ3) is 8.17. The van der Waals surface area contributed by atoms with E-state index in [1.165, 1.54) is 0 Å². The maximum atomic E-state index is 12.0. The van der Waals surface area contributed by atoms with Gasteiger partial charge in [-0.15, -0.1) is 0 Å². The Bertz CT molecular complexity index is 818. The first-order valence-electron chi connectivity index (χ1n) is 10.2. The van der Waals surface area contributed by atoms with Crippen LogP contribution < -0.4 is 9.47 Å². The lowest BCUT2D eigenvalue weighted by Gasteiger charge is -2.09. The van der Waals surface area contributed by atoms with Gasteiger partial charge in [-0.2, -0.15) is 0 Å². The van der Waals surface area contributed by atoms with Crippen LogP contribution in [0.1, 0.15) is 47.9 Å². The molecule has 2 aromatic rings. The van der Waals surface area contributed by atoms with Crippen LogP contribution >= 0.6 is 23.2 Å². The molecule has 2 rings (SSSR count). The Morgan fingerprint density at radius 1 is 0.710 bits per heavy atom.